The highest BCUT2D eigenvalue weighted by atomic mass is 15.2. The molecule has 1 fully saturated rings. The second-order valence-corrected chi connectivity index (χ2v) is 4.91. The maximum atomic E-state index is 5.46. The van der Waals surface area contributed by atoms with E-state index in [1.165, 1.54) is 19.4 Å². The molecule has 1 aliphatic heterocycles. The summed E-state index contributed by atoms with van der Waals surface area (Å²) < 4.78 is 0. The lowest BCUT2D eigenvalue weighted by molar-refractivity contribution is 0.153. The van der Waals surface area contributed by atoms with Crippen LogP contribution in [-0.2, 0) is 0 Å². The second-order valence-electron chi connectivity index (χ2n) is 4.91. The van der Waals surface area contributed by atoms with Gasteiger partial charge in [0.25, 0.3) is 0 Å². The van der Waals surface area contributed by atoms with Crippen LogP contribution in [0.1, 0.15) is 33.6 Å². The predicted molar refractivity (Wildman–Crippen MR) is 65.7 cm³/mol. The van der Waals surface area contributed by atoms with Gasteiger partial charge in [-0.3, -0.25) is 4.90 Å². The molecular weight excluding hydrogens is 184 g/mol. The minimum atomic E-state index is 0.298. The van der Waals surface area contributed by atoms with Crippen LogP contribution in [0.5, 0.6) is 0 Å². The molecule has 0 aromatic heterocycles. The van der Waals surface area contributed by atoms with Crippen LogP contribution in [0.25, 0.3) is 0 Å². The van der Waals surface area contributed by atoms with Crippen LogP contribution >= 0.6 is 0 Å². The number of hydrogen-bond donors (Lipinski definition) is 1. The van der Waals surface area contributed by atoms with Gasteiger partial charge in [-0.25, -0.2) is 0 Å². The predicted octanol–water partition coefficient (Wildman–Crippen LogP) is 1.72. The third kappa shape index (κ3) is 4.24. The van der Waals surface area contributed by atoms with E-state index in [4.69, 9.17) is 6.42 Å². The highest BCUT2D eigenvalue weighted by Gasteiger charge is 2.22. The molecule has 0 aromatic rings. The number of piperidine rings is 1. The third-order valence-corrected chi connectivity index (χ3v) is 3.15. The largest absolute Gasteiger partial charge is 0.314 e. The Bertz CT molecular complexity index is 217. The molecule has 1 aliphatic rings. The van der Waals surface area contributed by atoms with Crippen LogP contribution in [0, 0.1) is 18.3 Å². The number of terminal acetylenes is 1. The van der Waals surface area contributed by atoms with E-state index < -0.39 is 0 Å². The van der Waals surface area contributed by atoms with Crippen LogP contribution in [0.3, 0.4) is 0 Å². The fourth-order valence-corrected chi connectivity index (χ4v) is 2.12. The monoisotopic (exact) mass is 208 g/mol. The molecule has 0 aromatic carbocycles. The Labute approximate surface area is 94.4 Å². The van der Waals surface area contributed by atoms with Gasteiger partial charge in [0.15, 0.2) is 0 Å². The van der Waals surface area contributed by atoms with Crippen LogP contribution in [0.2, 0.25) is 0 Å². The van der Waals surface area contributed by atoms with Gasteiger partial charge in [-0.05, 0) is 38.8 Å². The Balaban J connectivity index is 2.33. The molecule has 1 saturated heterocycles. The van der Waals surface area contributed by atoms with E-state index >= 15 is 0 Å². The summed E-state index contributed by atoms with van der Waals surface area (Å²) in [6, 6.07) is 0.886. The van der Waals surface area contributed by atoms with Crippen LogP contribution in [-0.4, -0.2) is 36.6 Å². The zero-order valence-corrected chi connectivity index (χ0v) is 10.3. The summed E-state index contributed by atoms with van der Waals surface area (Å²) >= 11 is 0. The van der Waals surface area contributed by atoms with Crippen molar-refractivity contribution in [2.24, 2.45) is 5.92 Å². The summed E-state index contributed by atoms with van der Waals surface area (Å²) in [6.07, 6.45) is 8.09. The normalized spacial score (nSPS) is 25.1. The molecule has 0 radical (unpaired) electrons. The van der Waals surface area contributed by atoms with Crippen molar-refractivity contribution in [2.45, 2.75) is 45.7 Å². The van der Waals surface area contributed by atoms with Crippen molar-refractivity contribution in [1.29, 1.82) is 0 Å². The van der Waals surface area contributed by atoms with E-state index in [0.717, 1.165) is 19.0 Å². The maximum Gasteiger partial charge on any atom is 0.0683 e. The molecule has 2 atom stereocenters. The van der Waals surface area contributed by atoms with Crippen molar-refractivity contribution < 1.29 is 0 Å². The Morgan fingerprint density at radius 3 is 2.80 bits per heavy atom. The molecule has 0 spiro atoms. The molecule has 15 heavy (non-hydrogen) atoms. The van der Waals surface area contributed by atoms with Gasteiger partial charge in [0, 0.05) is 12.6 Å². The van der Waals surface area contributed by atoms with Crippen LogP contribution in [0.15, 0.2) is 0 Å². The molecule has 2 heteroatoms. The number of rotatable bonds is 4. The number of likely N-dealkylation sites (tertiary alicyclic amines) is 1. The Kier molecular flexibility index (Phi) is 5.14. The first-order valence-corrected chi connectivity index (χ1v) is 6.07. The van der Waals surface area contributed by atoms with Gasteiger partial charge >= 0.3 is 0 Å². The van der Waals surface area contributed by atoms with Crippen molar-refractivity contribution in [3.63, 3.8) is 0 Å². The molecule has 0 aliphatic carbocycles. The van der Waals surface area contributed by atoms with Gasteiger partial charge in [0.05, 0.1) is 6.04 Å². The molecule has 2 unspecified atom stereocenters. The Hall–Kier alpha value is -0.520. The average molecular weight is 208 g/mol. The summed E-state index contributed by atoms with van der Waals surface area (Å²) in [5.74, 6) is 3.60. The molecule has 1 heterocycles. The summed E-state index contributed by atoms with van der Waals surface area (Å²) in [5, 5.41) is 3.51. The Morgan fingerprint density at radius 1 is 1.47 bits per heavy atom. The molecular formula is C13H24N2. The minimum Gasteiger partial charge on any atom is -0.314 e. The van der Waals surface area contributed by atoms with E-state index in [-0.39, 0.29) is 0 Å². The Morgan fingerprint density at radius 2 is 2.20 bits per heavy atom. The van der Waals surface area contributed by atoms with Gasteiger partial charge in [-0.15, -0.1) is 6.42 Å². The van der Waals surface area contributed by atoms with E-state index in [1.807, 2.05) is 0 Å². The number of nitrogens with zero attached hydrogens (tertiary/aromatic N) is 1. The van der Waals surface area contributed by atoms with Gasteiger partial charge in [-0.1, -0.05) is 19.8 Å². The molecule has 0 bridgehead atoms. The van der Waals surface area contributed by atoms with Crippen LogP contribution < -0.4 is 5.32 Å². The van der Waals surface area contributed by atoms with E-state index in [2.05, 4.69) is 36.9 Å². The molecule has 1 rings (SSSR count). The first-order chi connectivity index (χ1) is 7.13. The SMILES string of the molecule is C#CC(C)N1CCCC(CNC(C)C)C1. The summed E-state index contributed by atoms with van der Waals surface area (Å²) in [6.45, 7) is 9.98. The van der Waals surface area contributed by atoms with Gasteiger partial charge in [0.1, 0.15) is 0 Å². The van der Waals surface area contributed by atoms with Crippen molar-refractivity contribution in [3.8, 4) is 12.3 Å². The fraction of sp³-hybridized carbons (Fsp3) is 0.846. The molecule has 1 N–H and O–H groups in total. The highest BCUT2D eigenvalue weighted by Crippen LogP contribution is 2.17. The molecule has 2 nitrogen and oxygen atoms in total. The molecule has 0 saturated carbocycles. The van der Waals surface area contributed by atoms with Gasteiger partial charge < -0.3 is 5.32 Å². The van der Waals surface area contributed by atoms with E-state index in [9.17, 15) is 0 Å². The zero-order valence-electron chi connectivity index (χ0n) is 10.3. The lowest BCUT2D eigenvalue weighted by Crippen LogP contribution is -2.44. The van der Waals surface area contributed by atoms with Gasteiger partial charge in [0.2, 0.25) is 0 Å². The van der Waals surface area contributed by atoms with E-state index in [1.54, 1.807) is 0 Å². The quantitative estimate of drug-likeness (QED) is 0.708. The summed E-state index contributed by atoms with van der Waals surface area (Å²) in [7, 11) is 0. The van der Waals surface area contributed by atoms with E-state index in [0.29, 0.717) is 12.1 Å². The highest BCUT2D eigenvalue weighted by molar-refractivity contribution is 4.98. The molecule has 86 valence electrons. The lowest BCUT2D eigenvalue weighted by atomic mass is 9.96. The van der Waals surface area contributed by atoms with Crippen molar-refractivity contribution in [1.82, 2.24) is 10.2 Å². The topological polar surface area (TPSA) is 15.3 Å². The summed E-state index contributed by atoms with van der Waals surface area (Å²) in [5.41, 5.74) is 0. The summed E-state index contributed by atoms with van der Waals surface area (Å²) in [4.78, 5) is 2.43. The average Bonchev–Trinajstić information content (AvgIpc) is 2.25. The van der Waals surface area contributed by atoms with Crippen molar-refractivity contribution in [3.05, 3.63) is 0 Å². The smallest absolute Gasteiger partial charge is 0.0683 e. The zero-order chi connectivity index (χ0) is 11.3. The first-order valence-electron chi connectivity index (χ1n) is 6.07. The van der Waals surface area contributed by atoms with Crippen molar-refractivity contribution >= 4 is 0 Å². The number of hydrogen-bond acceptors (Lipinski definition) is 2. The minimum absolute atomic E-state index is 0.298. The van der Waals surface area contributed by atoms with Crippen molar-refractivity contribution in [2.75, 3.05) is 19.6 Å². The van der Waals surface area contributed by atoms with Crippen LogP contribution in [0.4, 0.5) is 0 Å². The van der Waals surface area contributed by atoms with Gasteiger partial charge in [-0.2, -0.15) is 0 Å². The third-order valence-electron chi connectivity index (χ3n) is 3.15. The first kappa shape index (κ1) is 12.5. The fourth-order valence-electron chi connectivity index (χ4n) is 2.12. The molecule has 0 amide bonds. The number of nitrogens with one attached hydrogen (secondary N) is 1. The lowest BCUT2D eigenvalue weighted by Gasteiger charge is -2.35. The standard InChI is InChI=1S/C13H24N2/c1-5-12(4)15-8-6-7-13(10-15)9-14-11(2)3/h1,11-14H,6-10H2,2-4H3. The maximum absolute atomic E-state index is 5.46. The second kappa shape index (κ2) is 6.15.